The third-order valence-corrected chi connectivity index (χ3v) is 4.93. The maximum Gasteiger partial charge on any atom is 0.214 e. The predicted octanol–water partition coefficient (Wildman–Crippen LogP) is 3.24. The van der Waals surface area contributed by atoms with Crippen LogP contribution < -0.4 is 0 Å². The Labute approximate surface area is 112 Å². The number of hydrogen-bond donors (Lipinski definition) is 0. The van der Waals surface area contributed by atoms with E-state index in [2.05, 4.69) is 13.8 Å². The van der Waals surface area contributed by atoms with Crippen molar-refractivity contribution >= 4 is 21.6 Å². The summed E-state index contributed by atoms with van der Waals surface area (Å²) in [6.07, 6.45) is 5.38. The average molecular weight is 284 g/mol. The van der Waals surface area contributed by atoms with Gasteiger partial charge in [-0.1, -0.05) is 26.7 Å². The lowest BCUT2D eigenvalue weighted by Crippen LogP contribution is -2.34. The lowest BCUT2D eigenvalue weighted by Gasteiger charge is -2.21. The second-order valence-electron chi connectivity index (χ2n) is 4.32. The third-order valence-electron chi connectivity index (χ3n) is 2.70. The number of rotatable bonds is 11. The zero-order chi connectivity index (χ0) is 13.1. The lowest BCUT2D eigenvalue weighted by atomic mass is 10.3. The van der Waals surface area contributed by atoms with E-state index in [1.165, 1.54) is 0 Å². The number of nitrogens with zero attached hydrogens (tertiary/aromatic N) is 1. The summed E-state index contributed by atoms with van der Waals surface area (Å²) in [5.74, 6) is 0.784. The molecule has 5 heteroatoms. The summed E-state index contributed by atoms with van der Waals surface area (Å²) in [6.45, 7) is 5.50. The first kappa shape index (κ1) is 17.2. The SMILES string of the molecule is CCCCN(CCCC)S(=O)(=O)CCCCCl. The number of hydrogen-bond acceptors (Lipinski definition) is 2. The molecule has 0 spiro atoms. The van der Waals surface area contributed by atoms with Crippen LogP contribution in [-0.2, 0) is 10.0 Å². The van der Waals surface area contributed by atoms with Gasteiger partial charge in [0.25, 0.3) is 0 Å². The van der Waals surface area contributed by atoms with Gasteiger partial charge in [-0.2, -0.15) is 0 Å². The molecule has 0 fully saturated rings. The minimum atomic E-state index is -3.06. The highest BCUT2D eigenvalue weighted by molar-refractivity contribution is 7.89. The van der Waals surface area contributed by atoms with Gasteiger partial charge in [0, 0.05) is 19.0 Å². The van der Waals surface area contributed by atoms with Crippen LogP contribution in [-0.4, -0.2) is 37.4 Å². The fraction of sp³-hybridized carbons (Fsp3) is 1.00. The van der Waals surface area contributed by atoms with Crippen LogP contribution in [0.3, 0.4) is 0 Å². The van der Waals surface area contributed by atoms with Crippen molar-refractivity contribution in [3.63, 3.8) is 0 Å². The van der Waals surface area contributed by atoms with Crippen LogP contribution in [0.5, 0.6) is 0 Å². The van der Waals surface area contributed by atoms with Crippen molar-refractivity contribution in [3.8, 4) is 0 Å². The largest absolute Gasteiger partial charge is 0.214 e. The summed E-state index contributed by atoms with van der Waals surface area (Å²) in [5, 5.41) is 0. The van der Waals surface area contributed by atoms with E-state index in [1.807, 2.05) is 0 Å². The quantitative estimate of drug-likeness (QED) is 0.431. The summed E-state index contributed by atoms with van der Waals surface area (Å²) in [7, 11) is -3.06. The highest BCUT2D eigenvalue weighted by Gasteiger charge is 2.20. The normalized spacial score (nSPS) is 12.2. The number of unbranched alkanes of at least 4 members (excludes halogenated alkanes) is 3. The van der Waals surface area contributed by atoms with Crippen LogP contribution in [0.4, 0.5) is 0 Å². The molecule has 0 aromatic heterocycles. The maximum atomic E-state index is 12.1. The molecule has 0 heterocycles. The minimum absolute atomic E-state index is 0.243. The van der Waals surface area contributed by atoms with Gasteiger partial charge in [-0.3, -0.25) is 0 Å². The second kappa shape index (κ2) is 10.2. The predicted molar refractivity (Wildman–Crippen MR) is 75.1 cm³/mol. The van der Waals surface area contributed by atoms with Crippen LogP contribution >= 0.6 is 11.6 Å². The molecule has 0 rings (SSSR count). The first-order valence-electron chi connectivity index (χ1n) is 6.62. The van der Waals surface area contributed by atoms with E-state index in [1.54, 1.807) is 4.31 Å². The monoisotopic (exact) mass is 283 g/mol. The summed E-state index contributed by atoms with van der Waals surface area (Å²) in [6, 6.07) is 0. The van der Waals surface area contributed by atoms with E-state index >= 15 is 0 Å². The molecule has 3 nitrogen and oxygen atoms in total. The number of alkyl halides is 1. The molecule has 0 unspecified atom stereocenters. The fourth-order valence-corrected chi connectivity index (χ4v) is 3.40. The molecule has 0 radical (unpaired) electrons. The molecule has 0 saturated carbocycles. The van der Waals surface area contributed by atoms with Crippen LogP contribution in [0, 0.1) is 0 Å². The van der Waals surface area contributed by atoms with E-state index in [0.717, 1.165) is 32.1 Å². The van der Waals surface area contributed by atoms with E-state index in [9.17, 15) is 8.42 Å². The molecule has 0 saturated heterocycles. The van der Waals surface area contributed by atoms with Crippen molar-refractivity contribution in [1.82, 2.24) is 4.31 Å². The average Bonchev–Trinajstić information content (AvgIpc) is 2.29. The first-order valence-corrected chi connectivity index (χ1v) is 8.76. The number of halogens is 1. The summed E-state index contributed by atoms with van der Waals surface area (Å²) in [5.41, 5.74) is 0. The summed E-state index contributed by atoms with van der Waals surface area (Å²) >= 11 is 5.57. The second-order valence-corrected chi connectivity index (χ2v) is 6.78. The van der Waals surface area contributed by atoms with Gasteiger partial charge in [0.1, 0.15) is 0 Å². The van der Waals surface area contributed by atoms with Crippen molar-refractivity contribution < 1.29 is 8.42 Å². The molecule has 0 aliphatic heterocycles. The molecule has 0 N–H and O–H groups in total. The first-order chi connectivity index (χ1) is 8.08. The standard InChI is InChI=1S/C12H26ClNO2S/c1-3-5-10-14(11-6-4-2)17(15,16)12-8-7-9-13/h3-12H2,1-2H3. The van der Waals surface area contributed by atoms with Crippen molar-refractivity contribution in [2.24, 2.45) is 0 Å². The van der Waals surface area contributed by atoms with Gasteiger partial charge in [-0.25, -0.2) is 12.7 Å². The Morgan fingerprint density at radius 3 is 1.88 bits per heavy atom. The molecular formula is C12H26ClNO2S. The van der Waals surface area contributed by atoms with Crippen LogP contribution in [0.2, 0.25) is 0 Å². The summed E-state index contributed by atoms with van der Waals surface area (Å²) in [4.78, 5) is 0. The molecule has 0 atom stereocenters. The Hall–Kier alpha value is 0.200. The van der Waals surface area contributed by atoms with Crippen molar-refractivity contribution in [1.29, 1.82) is 0 Å². The van der Waals surface area contributed by atoms with Gasteiger partial charge in [-0.05, 0) is 25.7 Å². The van der Waals surface area contributed by atoms with Gasteiger partial charge in [0.05, 0.1) is 5.75 Å². The van der Waals surface area contributed by atoms with E-state index in [-0.39, 0.29) is 5.75 Å². The smallest absolute Gasteiger partial charge is 0.212 e. The number of sulfonamides is 1. The van der Waals surface area contributed by atoms with Crippen LogP contribution in [0.25, 0.3) is 0 Å². The fourth-order valence-electron chi connectivity index (χ4n) is 1.57. The molecule has 0 amide bonds. The zero-order valence-electron chi connectivity index (χ0n) is 11.1. The molecule has 104 valence electrons. The molecule has 0 aliphatic carbocycles. The van der Waals surface area contributed by atoms with Crippen LogP contribution in [0.1, 0.15) is 52.4 Å². The molecule has 0 bridgehead atoms. The third kappa shape index (κ3) is 8.01. The topological polar surface area (TPSA) is 37.4 Å². The lowest BCUT2D eigenvalue weighted by molar-refractivity contribution is 0.394. The zero-order valence-corrected chi connectivity index (χ0v) is 12.7. The highest BCUT2D eigenvalue weighted by atomic mass is 35.5. The van der Waals surface area contributed by atoms with Crippen molar-refractivity contribution in [2.75, 3.05) is 24.7 Å². The van der Waals surface area contributed by atoms with Crippen LogP contribution in [0.15, 0.2) is 0 Å². The molecule has 17 heavy (non-hydrogen) atoms. The Balaban J connectivity index is 4.30. The van der Waals surface area contributed by atoms with Gasteiger partial charge < -0.3 is 0 Å². The van der Waals surface area contributed by atoms with Crippen molar-refractivity contribution in [2.45, 2.75) is 52.4 Å². The Morgan fingerprint density at radius 1 is 0.941 bits per heavy atom. The van der Waals surface area contributed by atoms with E-state index in [0.29, 0.717) is 25.4 Å². The van der Waals surface area contributed by atoms with E-state index in [4.69, 9.17) is 11.6 Å². The molecule has 0 aromatic rings. The maximum absolute atomic E-state index is 12.1. The van der Waals surface area contributed by atoms with E-state index < -0.39 is 10.0 Å². The van der Waals surface area contributed by atoms with Gasteiger partial charge in [0.15, 0.2) is 0 Å². The highest BCUT2D eigenvalue weighted by Crippen LogP contribution is 2.09. The Morgan fingerprint density at radius 2 is 1.47 bits per heavy atom. The summed E-state index contributed by atoms with van der Waals surface area (Å²) < 4.78 is 25.9. The minimum Gasteiger partial charge on any atom is -0.212 e. The Kier molecular flexibility index (Phi) is 10.3. The molecule has 0 aromatic carbocycles. The van der Waals surface area contributed by atoms with Gasteiger partial charge >= 0.3 is 0 Å². The van der Waals surface area contributed by atoms with Gasteiger partial charge in [0.2, 0.25) is 10.0 Å². The Bertz CT molecular complexity index is 260. The molecular weight excluding hydrogens is 258 g/mol. The van der Waals surface area contributed by atoms with Gasteiger partial charge in [-0.15, -0.1) is 11.6 Å². The van der Waals surface area contributed by atoms with Crippen molar-refractivity contribution in [3.05, 3.63) is 0 Å². The molecule has 0 aliphatic rings.